The standard InChI is InChI=1S/C17H29NO/c1-4-6-7-8-12-16(18-5-2)14-15-11-9-10-13-17(15)19-3/h9-11,13,16,18H,4-8,12,14H2,1-3H3. The molecule has 0 aromatic heterocycles. The normalized spacial score (nSPS) is 12.4. The Kier molecular flexibility index (Phi) is 8.31. The van der Waals surface area contributed by atoms with E-state index in [1.54, 1.807) is 7.11 Å². The number of ether oxygens (including phenoxy) is 1. The van der Waals surface area contributed by atoms with E-state index in [0.29, 0.717) is 6.04 Å². The molecule has 1 rings (SSSR count). The van der Waals surface area contributed by atoms with Crippen molar-refractivity contribution < 1.29 is 4.74 Å². The molecule has 1 aromatic carbocycles. The highest BCUT2D eigenvalue weighted by atomic mass is 16.5. The lowest BCUT2D eigenvalue weighted by Crippen LogP contribution is -2.31. The highest BCUT2D eigenvalue weighted by Crippen LogP contribution is 2.20. The third-order valence-corrected chi connectivity index (χ3v) is 3.56. The van der Waals surface area contributed by atoms with Gasteiger partial charge in [-0.15, -0.1) is 0 Å². The van der Waals surface area contributed by atoms with Gasteiger partial charge < -0.3 is 10.1 Å². The van der Waals surface area contributed by atoms with E-state index >= 15 is 0 Å². The number of methoxy groups -OCH3 is 1. The van der Waals surface area contributed by atoms with Crippen LogP contribution in [0.4, 0.5) is 0 Å². The van der Waals surface area contributed by atoms with E-state index in [1.165, 1.54) is 37.7 Å². The molecule has 1 unspecified atom stereocenters. The number of benzene rings is 1. The Labute approximate surface area is 118 Å². The molecule has 0 bridgehead atoms. The molecule has 1 aromatic rings. The predicted octanol–water partition coefficient (Wildman–Crippen LogP) is 4.19. The third kappa shape index (κ3) is 6.11. The van der Waals surface area contributed by atoms with Crippen molar-refractivity contribution in [2.24, 2.45) is 0 Å². The zero-order valence-electron chi connectivity index (χ0n) is 12.7. The van der Waals surface area contributed by atoms with Gasteiger partial charge in [0.15, 0.2) is 0 Å². The van der Waals surface area contributed by atoms with Crippen molar-refractivity contribution in [1.82, 2.24) is 5.32 Å². The van der Waals surface area contributed by atoms with Gasteiger partial charge >= 0.3 is 0 Å². The summed E-state index contributed by atoms with van der Waals surface area (Å²) in [6.45, 7) is 5.48. The first kappa shape index (κ1) is 16.0. The van der Waals surface area contributed by atoms with Crippen LogP contribution in [0.1, 0.15) is 51.5 Å². The summed E-state index contributed by atoms with van der Waals surface area (Å²) in [7, 11) is 1.75. The minimum Gasteiger partial charge on any atom is -0.496 e. The third-order valence-electron chi connectivity index (χ3n) is 3.56. The Hall–Kier alpha value is -1.02. The van der Waals surface area contributed by atoms with Gasteiger partial charge in [0.25, 0.3) is 0 Å². The summed E-state index contributed by atoms with van der Waals surface area (Å²) in [5.41, 5.74) is 1.31. The zero-order chi connectivity index (χ0) is 13.9. The van der Waals surface area contributed by atoms with Crippen LogP contribution in [-0.4, -0.2) is 19.7 Å². The van der Waals surface area contributed by atoms with Crippen LogP contribution in [0.5, 0.6) is 5.75 Å². The highest BCUT2D eigenvalue weighted by molar-refractivity contribution is 5.33. The van der Waals surface area contributed by atoms with Crippen LogP contribution in [-0.2, 0) is 6.42 Å². The smallest absolute Gasteiger partial charge is 0.122 e. The van der Waals surface area contributed by atoms with Gasteiger partial charge in [-0.2, -0.15) is 0 Å². The lowest BCUT2D eigenvalue weighted by molar-refractivity contribution is 0.401. The molecule has 1 N–H and O–H groups in total. The van der Waals surface area contributed by atoms with Crippen molar-refractivity contribution in [2.75, 3.05) is 13.7 Å². The Morgan fingerprint density at radius 1 is 1.11 bits per heavy atom. The number of hydrogen-bond acceptors (Lipinski definition) is 2. The molecule has 0 aliphatic heterocycles. The molecule has 0 heterocycles. The Bertz CT molecular complexity index is 338. The summed E-state index contributed by atoms with van der Waals surface area (Å²) in [6, 6.07) is 8.92. The van der Waals surface area contributed by atoms with Gasteiger partial charge in [-0.05, 0) is 31.0 Å². The van der Waals surface area contributed by atoms with Crippen molar-refractivity contribution in [1.29, 1.82) is 0 Å². The number of nitrogens with one attached hydrogen (secondary N) is 1. The van der Waals surface area contributed by atoms with Gasteiger partial charge in [-0.1, -0.05) is 57.7 Å². The number of hydrogen-bond donors (Lipinski definition) is 1. The zero-order valence-corrected chi connectivity index (χ0v) is 12.7. The summed E-state index contributed by atoms with van der Waals surface area (Å²) in [5.74, 6) is 1.01. The lowest BCUT2D eigenvalue weighted by atomic mass is 9.99. The maximum atomic E-state index is 5.44. The number of rotatable bonds is 10. The maximum absolute atomic E-state index is 5.44. The van der Waals surface area contributed by atoms with Gasteiger partial charge in [0, 0.05) is 6.04 Å². The molecule has 19 heavy (non-hydrogen) atoms. The van der Waals surface area contributed by atoms with E-state index in [0.717, 1.165) is 18.7 Å². The van der Waals surface area contributed by atoms with Crippen LogP contribution in [0.15, 0.2) is 24.3 Å². The van der Waals surface area contributed by atoms with Crippen molar-refractivity contribution in [3.63, 3.8) is 0 Å². The first-order valence-corrected chi connectivity index (χ1v) is 7.67. The van der Waals surface area contributed by atoms with Gasteiger partial charge in [0.1, 0.15) is 5.75 Å². The molecule has 0 spiro atoms. The van der Waals surface area contributed by atoms with Gasteiger partial charge in [-0.25, -0.2) is 0 Å². The second-order valence-corrected chi connectivity index (χ2v) is 5.12. The van der Waals surface area contributed by atoms with Crippen LogP contribution < -0.4 is 10.1 Å². The predicted molar refractivity (Wildman–Crippen MR) is 82.9 cm³/mol. The Balaban J connectivity index is 2.51. The van der Waals surface area contributed by atoms with E-state index in [-0.39, 0.29) is 0 Å². The fourth-order valence-corrected chi connectivity index (χ4v) is 2.52. The summed E-state index contributed by atoms with van der Waals surface area (Å²) in [5, 5.41) is 3.60. The monoisotopic (exact) mass is 263 g/mol. The summed E-state index contributed by atoms with van der Waals surface area (Å²) in [6.07, 6.45) is 7.65. The largest absolute Gasteiger partial charge is 0.496 e. The lowest BCUT2D eigenvalue weighted by Gasteiger charge is -2.19. The van der Waals surface area contributed by atoms with Gasteiger partial charge in [-0.3, -0.25) is 0 Å². The molecular formula is C17H29NO. The number of likely N-dealkylation sites (N-methyl/N-ethyl adjacent to an activating group) is 1. The molecule has 0 aliphatic carbocycles. The first-order valence-electron chi connectivity index (χ1n) is 7.67. The quantitative estimate of drug-likeness (QED) is 0.639. The van der Waals surface area contributed by atoms with E-state index in [1.807, 2.05) is 6.07 Å². The van der Waals surface area contributed by atoms with Crippen LogP contribution >= 0.6 is 0 Å². The molecule has 1 atom stereocenters. The van der Waals surface area contributed by atoms with Gasteiger partial charge in [0.05, 0.1) is 7.11 Å². The van der Waals surface area contributed by atoms with E-state index in [4.69, 9.17) is 4.74 Å². The van der Waals surface area contributed by atoms with Crippen LogP contribution in [0.25, 0.3) is 0 Å². The molecule has 2 heteroatoms. The van der Waals surface area contributed by atoms with Crippen LogP contribution in [0.3, 0.4) is 0 Å². The second kappa shape index (κ2) is 9.85. The molecule has 2 nitrogen and oxygen atoms in total. The van der Waals surface area contributed by atoms with Gasteiger partial charge in [0.2, 0.25) is 0 Å². The molecule has 108 valence electrons. The summed E-state index contributed by atoms with van der Waals surface area (Å²) in [4.78, 5) is 0. The number of unbranched alkanes of at least 4 members (excludes halogenated alkanes) is 3. The molecular weight excluding hydrogens is 234 g/mol. The summed E-state index contributed by atoms with van der Waals surface area (Å²) < 4.78 is 5.44. The maximum Gasteiger partial charge on any atom is 0.122 e. The van der Waals surface area contributed by atoms with Crippen molar-refractivity contribution in [2.45, 2.75) is 58.4 Å². The van der Waals surface area contributed by atoms with Crippen LogP contribution in [0, 0.1) is 0 Å². The fourth-order valence-electron chi connectivity index (χ4n) is 2.52. The summed E-state index contributed by atoms with van der Waals surface area (Å²) >= 11 is 0. The molecule has 0 saturated heterocycles. The SMILES string of the molecule is CCCCCCC(Cc1ccccc1OC)NCC. The number of para-hydroxylation sites is 1. The minimum absolute atomic E-state index is 0.568. The topological polar surface area (TPSA) is 21.3 Å². The highest BCUT2D eigenvalue weighted by Gasteiger charge is 2.11. The molecule has 0 fully saturated rings. The minimum atomic E-state index is 0.568. The molecule has 0 radical (unpaired) electrons. The average Bonchev–Trinajstić information content (AvgIpc) is 2.44. The Morgan fingerprint density at radius 3 is 2.58 bits per heavy atom. The molecule has 0 aliphatic rings. The Morgan fingerprint density at radius 2 is 1.89 bits per heavy atom. The average molecular weight is 263 g/mol. The van der Waals surface area contributed by atoms with Crippen LogP contribution in [0.2, 0.25) is 0 Å². The van der Waals surface area contributed by atoms with Crippen molar-refractivity contribution in [3.8, 4) is 5.75 Å². The van der Waals surface area contributed by atoms with E-state index in [2.05, 4.69) is 37.4 Å². The van der Waals surface area contributed by atoms with E-state index < -0.39 is 0 Å². The second-order valence-electron chi connectivity index (χ2n) is 5.12. The fraction of sp³-hybridized carbons (Fsp3) is 0.647. The first-order chi connectivity index (χ1) is 9.31. The molecule has 0 amide bonds. The van der Waals surface area contributed by atoms with Crippen molar-refractivity contribution >= 4 is 0 Å². The van der Waals surface area contributed by atoms with Crippen molar-refractivity contribution in [3.05, 3.63) is 29.8 Å². The molecule has 0 saturated carbocycles. The van der Waals surface area contributed by atoms with E-state index in [9.17, 15) is 0 Å².